The summed E-state index contributed by atoms with van der Waals surface area (Å²) >= 11 is 0. The van der Waals surface area contributed by atoms with E-state index in [4.69, 9.17) is 9.47 Å². The summed E-state index contributed by atoms with van der Waals surface area (Å²) < 4.78 is 10.4. The topological polar surface area (TPSA) is 35.5 Å². The molecule has 2 atom stereocenters. The van der Waals surface area contributed by atoms with Gasteiger partial charge in [-0.2, -0.15) is 0 Å². The van der Waals surface area contributed by atoms with E-state index in [2.05, 4.69) is 0 Å². The Bertz CT molecular complexity index is 373. The minimum absolute atomic E-state index is 0.158. The standard InChI is InChI=1S/C12H14O3/c1-14-9-3-4-12(15-2)11(6-9)10-5-8(10)7-13/h3-4,6-8,10H,5H2,1-2H3/t8-,10-/m0/s1. The van der Waals surface area contributed by atoms with Crippen molar-refractivity contribution in [3.8, 4) is 11.5 Å². The molecule has 0 unspecified atom stereocenters. The van der Waals surface area contributed by atoms with E-state index in [1.54, 1.807) is 14.2 Å². The van der Waals surface area contributed by atoms with Crippen LogP contribution in [0.2, 0.25) is 0 Å². The molecule has 3 nitrogen and oxygen atoms in total. The highest BCUT2D eigenvalue weighted by Gasteiger charge is 2.39. The molecule has 0 aromatic heterocycles. The molecule has 1 saturated carbocycles. The van der Waals surface area contributed by atoms with Crippen molar-refractivity contribution >= 4 is 6.29 Å². The lowest BCUT2D eigenvalue weighted by Crippen LogP contribution is -1.93. The molecule has 0 heterocycles. The van der Waals surface area contributed by atoms with Gasteiger partial charge in [-0.05, 0) is 30.5 Å². The van der Waals surface area contributed by atoms with Crippen LogP contribution in [0.15, 0.2) is 18.2 Å². The maximum atomic E-state index is 10.6. The molecule has 1 aromatic rings. The summed E-state index contributed by atoms with van der Waals surface area (Å²) in [5, 5.41) is 0. The van der Waals surface area contributed by atoms with E-state index in [0.717, 1.165) is 29.8 Å². The molecule has 0 amide bonds. The van der Waals surface area contributed by atoms with Gasteiger partial charge in [0.1, 0.15) is 17.8 Å². The van der Waals surface area contributed by atoms with Crippen molar-refractivity contribution in [2.45, 2.75) is 12.3 Å². The molecule has 1 aliphatic carbocycles. The van der Waals surface area contributed by atoms with Gasteiger partial charge in [-0.3, -0.25) is 0 Å². The minimum Gasteiger partial charge on any atom is -0.497 e. The van der Waals surface area contributed by atoms with Crippen molar-refractivity contribution in [2.24, 2.45) is 5.92 Å². The van der Waals surface area contributed by atoms with E-state index in [9.17, 15) is 4.79 Å². The fraction of sp³-hybridized carbons (Fsp3) is 0.417. The number of carbonyl (C=O) groups is 1. The highest BCUT2D eigenvalue weighted by atomic mass is 16.5. The Balaban J connectivity index is 2.30. The van der Waals surface area contributed by atoms with E-state index in [0.29, 0.717) is 5.92 Å². The van der Waals surface area contributed by atoms with Gasteiger partial charge in [0.2, 0.25) is 0 Å². The van der Waals surface area contributed by atoms with Crippen LogP contribution < -0.4 is 9.47 Å². The summed E-state index contributed by atoms with van der Waals surface area (Å²) in [6.07, 6.45) is 1.94. The van der Waals surface area contributed by atoms with Gasteiger partial charge in [0.25, 0.3) is 0 Å². The number of carbonyl (C=O) groups excluding carboxylic acids is 1. The molecule has 0 saturated heterocycles. The average molecular weight is 206 g/mol. The van der Waals surface area contributed by atoms with Crippen LogP contribution in [0.5, 0.6) is 11.5 Å². The van der Waals surface area contributed by atoms with Crippen molar-refractivity contribution in [3.63, 3.8) is 0 Å². The molecule has 15 heavy (non-hydrogen) atoms. The molecule has 0 spiro atoms. The molecule has 0 radical (unpaired) electrons. The zero-order chi connectivity index (χ0) is 10.8. The Kier molecular flexibility index (Phi) is 2.62. The number of methoxy groups -OCH3 is 2. The van der Waals surface area contributed by atoms with Crippen molar-refractivity contribution in [1.82, 2.24) is 0 Å². The molecule has 0 N–H and O–H groups in total. The first-order chi connectivity index (χ1) is 7.30. The van der Waals surface area contributed by atoms with Crippen LogP contribution in [0.1, 0.15) is 17.9 Å². The normalized spacial score (nSPS) is 23.3. The first kappa shape index (κ1) is 10.0. The molecule has 80 valence electrons. The van der Waals surface area contributed by atoms with Crippen molar-refractivity contribution in [2.75, 3.05) is 14.2 Å². The highest BCUT2D eigenvalue weighted by Crippen LogP contribution is 2.49. The minimum atomic E-state index is 0.158. The van der Waals surface area contributed by atoms with Crippen molar-refractivity contribution in [3.05, 3.63) is 23.8 Å². The molecule has 1 aromatic carbocycles. The third-order valence-electron chi connectivity index (χ3n) is 2.85. The highest BCUT2D eigenvalue weighted by molar-refractivity contribution is 5.63. The second-order valence-electron chi connectivity index (χ2n) is 3.75. The summed E-state index contributed by atoms with van der Waals surface area (Å²) in [5.74, 6) is 2.12. The van der Waals surface area contributed by atoms with Crippen LogP contribution in [-0.4, -0.2) is 20.5 Å². The maximum Gasteiger partial charge on any atom is 0.123 e. The molecule has 2 rings (SSSR count). The number of hydrogen-bond acceptors (Lipinski definition) is 3. The summed E-state index contributed by atoms with van der Waals surface area (Å²) in [6, 6.07) is 5.70. The lowest BCUT2D eigenvalue weighted by Gasteiger charge is -2.09. The van der Waals surface area contributed by atoms with Gasteiger partial charge in [-0.15, -0.1) is 0 Å². The fourth-order valence-electron chi connectivity index (χ4n) is 1.85. The molecule has 0 aliphatic heterocycles. The number of hydrogen-bond donors (Lipinski definition) is 0. The summed E-state index contributed by atoms with van der Waals surface area (Å²) in [4.78, 5) is 10.6. The van der Waals surface area contributed by atoms with Crippen LogP contribution in [0.3, 0.4) is 0 Å². The summed E-state index contributed by atoms with van der Waals surface area (Å²) in [6.45, 7) is 0. The Morgan fingerprint density at radius 2 is 2.13 bits per heavy atom. The number of aldehydes is 1. The lowest BCUT2D eigenvalue weighted by molar-refractivity contribution is -0.108. The van der Waals surface area contributed by atoms with Gasteiger partial charge < -0.3 is 14.3 Å². The van der Waals surface area contributed by atoms with Crippen LogP contribution in [0, 0.1) is 5.92 Å². The number of rotatable bonds is 4. The summed E-state index contributed by atoms with van der Waals surface area (Å²) in [5.41, 5.74) is 1.08. The molecule has 0 bridgehead atoms. The Morgan fingerprint density at radius 3 is 2.67 bits per heavy atom. The zero-order valence-electron chi connectivity index (χ0n) is 8.90. The Morgan fingerprint density at radius 1 is 1.33 bits per heavy atom. The second-order valence-corrected chi connectivity index (χ2v) is 3.75. The molecular weight excluding hydrogens is 192 g/mol. The lowest BCUT2D eigenvalue weighted by atomic mass is 10.1. The van der Waals surface area contributed by atoms with Crippen LogP contribution in [0.25, 0.3) is 0 Å². The van der Waals surface area contributed by atoms with Crippen LogP contribution >= 0.6 is 0 Å². The van der Waals surface area contributed by atoms with Gasteiger partial charge in [-0.25, -0.2) is 0 Å². The Hall–Kier alpha value is -1.51. The molecule has 1 fully saturated rings. The van der Waals surface area contributed by atoms with Gasteiger partial charge >= 0.3 is 0 Å². The average Bonchev–Trinajstić information content (AvgIpc) is 3.07. The molecule has 3 heteroatoms. The fourth-order valence-corrected chi connectivity index (χ4v) is 1.85. The van der Waals surface area contributed by atoms with E-state index in [1.165, 1.54) is 0 Å². The maximum absolute atomic E-state index is 10.6. The van der Waals surface area contributed by atoms with E-state index < -0.39 is 0 Å². The zero-order valence-corrected chi connectivity index (χ0v) is 8.90. The van der Waals surface area contributed by atoms with Crippen molar-refractivity contribution in [1.29, 1.82) is 0 Å². The number of benzene rings is 1. The second kappa shape index (κ2) is 3.93. The van der Waals surface area contributed by atoms with E-state index in [-0.39, 0.29) is 5.92 Å². The third kappa shape index (κ3) is 1.82. The first-order valence-corrected chi connectivity index (χ1v) is 4.97. The van der Waals surface area contributed by atoms with Gasteiger partial charge in [-0.1, -0.05) is 0 Å². The van der Waals surface area contributed by atoms with E-state index >= 15 is 0 Å². The molecular formula is C12H14O3. The predicted octanol–water partition coefficient (Wildman–Crippen LogP) is 2.01. The van der Waals surface area contributed by atoms with Crippen molar-refractivity contribution < 1.29 is 14.3 Å². The van der Waals surface area contributed by atoms with Gasteiger partial charge in [0.15, 0.2) is 0 Å². The smallest absolute Gasteiger partial charge is 0.123 e. The first-order valence-electron chi connectivity index (χ1n) is 4.97. The Labute approximate surface area is 89.0 Å². The predicted molar refractivity (Wildman–Crippen MR) is 56.5 cm³/mol. The van der Waals surface area contributed by atoms with Crippen LogP contribution in [-0.2, 0) is 4.79 Å². The van der Waals surface area contributed by atoms with Gasteiger partial charge in [0, 0.05) is 11.5 Å². The van der Waals surface area contributed by atoms with Crippen LogP contribution in [0.4, 0.5) is 0 Å². The third-order valence-corrected chi connectivity index (χ3v) is 2.85. The monoisotopic (exact) mass is 206 g/mol. The summed E-state index contributed by atoms with van der Waals surface area (Å²) in [7, 11) is 3.28. The quantitative estimate of drug-likeness (QED) is 0.707. The van der Waals surface area contributed by atoms with Gasteiger partial charge in [0.05, 0.1) is 14.2 Å². The SMILES string of the molecule is COc1ccc(OC)c([C@H]2C[C@H]2C=O)c1. The van der Waals surface area contributed by atoms with E-state index in [1.807, 2.05) is 18.2 Å². The number of ether oxygens (including phenoxy) is 2. The molecule has 1 aliphatic rings. The largest absolute Gasteiger partial charge is 0.497 e.